The Morgan fingerprint density at radius 3 is 2.64 bits per heavy atom. The summed E-state index contributed by atoms with van der Waals surface area (Å²) in [5.74, 6) is -0.241. The van der Waals surface area contributed by atoms with Gasteiger partial charge in [-0.25, -0.2) is 8.42 Å². The van der Waals surface area contributed by atoms with Crippen LogP contribution in [-0.2, 0) is 10.0 Å². The maximum atomic E-state index is 12.7. The van der Waals surface area contributed by atoms with Crippen molar-refractivity contribution in [2.75, 3.05) is 13.1 Å². The standard InChI is InChI=1S/C16H22N2O3S/c1-3-11-17-16(19)14-7-9-15(10-8-14)22(20,21)18-12-5-4-6-13(18)2/h3,7-10,13H,1,4-6,11-12H2,2H3,(H,17,19). The topological polar surface area (TPSA) is 66.5 Å². The van der Waals surface area contributed by atoms with Crippen LogP contribution in [0.4, 0.5) is 0 Å². The maximum Gasteiger partial charge on any atom is 0.251 e. The van der Waals surface area contributed by atoms with Crippen LogP contribution >= 0.6 is 0 Å². The highest BCUT2D eigenvalue weighted by Crippen LogP contribution is 2.25. The summed E-state index contributed by atoms with van der Waals surface area (Å²) in [6.45, 7) is 6.41. The number of piperidine rings is 1. The predicted octanol–water partition coefficient (Wildman–Crippen LogP) is 2.17. The number of hydrogen-bond acceptors (Lipinski definition) is 3. The summed E-state index contributed by atoms with van der Waals surface area (Å²) in [5, 5.41) is 2.66. The Bertz CT molecular complexity index is 638. The average molecular weight is 322 g/mol. The number of sulfonamides is 1. The number of nitrogens with zero attached hydrogens (tertiary/aromatic N) is 1. The monoisotopic (exact) mass is 322 g/mol. The molecule has 0 spiro atoms. The van der Waals surface area contributed by atoms with Crippen molar-refractivity contribution in [2.24, 2.45) is 0 Å². The van der Waals surface area contributed by atoms with Crippen molar-refractivity contribution < 1.29 is 13.2 Å². The molecule has 0 aliphatic carbocycles. The van der Waals surface area contributed by atoms with Gasteiger partial charge in [0.2, 0.25) is 10.0 Å². The molecule has 1 amide bonds. The first-order valence-electron chi connectivity index (χ1n) is 7.48. The van der Waals surface area contributed by atoms with Crippen molar-refractivity contribution >= 4 is 15.9 Å². The van der Waals surface area contributed by atoms with Crippen molar-refractivity contribution in [1.29, 1.82) is 0 Å². The van der Waals surface area contributed by atoms with Crippen LogP contribution in [0, 0.1) is 0 Å². The lowest BCUT2D eigenvalue weighted by molar-refractivity contribution is 0.0958. The van der Waals surface area contributed by atoms with Gasteiger partial charge in [0, 0.05) is 24.7 Å². The quantitative estimate of drug-likeness (QED) is 0.845. The molecule has 0 bridgehead atoms. The number of hydrogen-bond donors (Lipinski definition) is 1. The Balaban J connectivity index is 2.18. The normalized spacial score (nSPS) is 19.6. The zero-order chi connectivity index (χ0) is 16.2. The number of carbonyl (C=O) groups excluding carboxylic acids is 1. The second-order valence-corrected chi connectivity index (χ2v) is 7.37. The fraction of sp³-hybridized carbons (Fsp3) is 0.438. The molecule has 1 atom stereocenters. The Hall–Kier alpha value is -1.66. The highest BCUT2D eigenvalue weighted by Gasteiger charge is 2.30. The molecule has 0 radical (unpaired) electrons. The molecule has 1 fully saturated rings. The van der Waals surface area contributed by atoms with Gasteiger partial charge in [-0.3, -0.25) is 4.79 Å². The summed E-state index contributed by atoms with van der Waals surface area (Å²) in [5.41, 5.74) is 0.437. The molecule has 6 heteroatoms. The fourth-order valence-electron chi connectivity index (χ4n) is 2.61. The van der Waals surface area contributed by atoms with Gasteiger partial charge in [0.25, 0.3) is 5.91 Å². The van der Waals surface area contributed by atoms with E-state index in [9.17, 15) is 13.2 Å². The van der Waals surface area contributed by atoms with Crippen LogP contribution in [0.3, 0.4) is 0 Å². The van der Waals surface area contributed by atoms with Gasteiger partial charge >= 0.3 is 0 Å². The van der Waals surface area contributed by atoms with Crippen molar-refractivity contribution in [2.45, 2.75) is 37.1 Å². The van der Waals surface area contributed by atoms with Crippen LogP contribution in [-0.4, -0.2) is 37.8 Å². The largest absolute Gasteiger partial charge is 0.349 e. The highest BCUT2D eigenvalue weighted by molar-refractivity contribution is 7.89. The second kappa shape index (κ2) is 7.07. The lowest BCUT2D eigenvalue weighted by atomic mass is 10.1. The summed E-state index contributed by atoms with van der Waals surface area (Å²) in [6, 6.07) is 6.10. The molecule has 1 heterocycles. The van der Waals surface area contributed by atoms with Crippen LogP contribution in [0.5, 0.6) is 0 Å². The van der Waals surface area contributed by atoms with E-state index < -0.39 is 10.0 Å². The van der Waals surface area contributed by atoms with Crippen molar-refractivity contribution in [3.05, 3.63) is 42.5 Å². The van der Waals surface area contributed by atoms with E-state index in [1.54, 1.807) is 22.5 Å². The maximum absolute atomic E-state index is 12.7. The van der Waals surface area contributed by atoms with Crippen LogP contribution in [0.25, 0.3) is 0 Å². The van der Waals surface area contributed by atoms with Crippen LogP contribution < -0.4 is 5.32 Å². The van der Waals surface area contributed by atoms with E-state index in [1.165, 1.54) is 12.1 Å². The SMILES string of the molecule is C=CCNC(=O)c1ccc(S(=O)(=O)N2CCCCC2C)cc1. The molecule has 0 saturated carbocycles. The van der Waals surface area contributed by atoms with E-state index in [0.29, 0.717) is 18.7 Å². The smallest absolute Gasteiger partial charge is 0.251 e. The minimum Gasteiger partial charge on any atom is -0.349 e. The first-order chi connectivity index (χ1) is 10.5. The fourth-order valence-corrected chi connectivity index (χ4v) is 4.31. The first-order valence-corrected chi connectivity index (χ1v) is 8.92. The van der Waals surface area contributed by atoms with Gasteiger partial charge in [0.1, 0.15) is 0 Å². The van der Waals surface area contributed by atoms with E-state index in [2.05, 4.69) is 11.9 Å². The molecule has 1 aromatic rings. The molecule has 1 aliphatic heterocycles. The third-order valence-electron chi connectivity index (χ3n) is 3.87. The average Bonchev–Trinajstić information content (AvgIpc) is 2.53. The van der Waals surface area contributed by atoms with E-state index in [-0.39, 0.29) is 16.8 Å². The number of amides is 1. The minimum absolute atomic E-state index is 0.0225. The molecular weight excluding hydrogens is 300 g/mol. The Labute approximate surface area is 132 Å². The van der Waals surface area contributed by atoms with Crippen LogP contribution in [0.1, 0.15) is 36.5 Å². The molecule has 2 rings (SSSR count). The van der Waals surface area contributed by atoms with Gasteiger partial charge in [0.15, 0.2) is 0 Å². The third-order valence-corrected chi connectivity index (χ3v) is 5.90. The summed E-state index contributed by atoms with van der Waals surface area (Å²) in [6.07, 6.45) is 4.44. The van der Waals surface area contributed by atoms with E-state index >= 15 is 0 Å². The first kappa shape index (κ1) is 16.7. The summed E-state index contributed by atoms with van der Waals surface area (Å²) >= 11 is 0. The van der Waals surface area contributed by atoms with E-state index in [4.69, 9.17) is 0 Å². The summed E-state index contributed by atoms with van der Waals surface area (Å²) in [4.78, 5) is 12.0. The van der Waals surface area contributed by atoms with Gasteiger partial charge in [-0.05, 0) is 44.0 Å². The van der Waals surface area contributed by atoms with Crippen LogP contribution in [0.15, 0.2) is 41.8 Å². The molecular formula is C16H22N2O3S. The van der Waals surface area contributed by atoms with Gasteiger partial charge in [-0.15, -0.1) is 6.58 Å². The lowest BCUT2D eigenvalue weighted by Gasteiger charge is -2.32. The van der Waals surface area contributed by atoms with E-state index in [0.717, 1.165) is 19.3 Å². The number of rotatable bonds is 5. The van der Waals surface area contributed by atoms with Gasteiger partial charge in [-0.1, -0.05) is 12.5 Å². The molecule has 1 N–H and O–H groups in total. The molecule has 22 heavy (non-hydrogen) atoms. The Morgan fingerprint density at radius 1 is 1.36 bits per heavy atom. The summed E-state index contributed by atoms with van der Waals surface area (Å²) < 4.78 is 26.9. The molecule has 1 aliphatic rings. The zero-order valence-electron chi connectivity index (χ0n) is 12.8. The molecule has 1 aromatic carbocycles. The molecule has 1 saturated heterocycles. The van der Waals surface area contributed by atoms with Gasteiger partial charge < -0.3 is 5.32 Å². The lowest BCUT2D eigenvalue weighted by Crippen LogP contribution is -2.41. The van der Waals surface area contributed by atoms with Gasteiger partial charge in [-0.2, -0.15) is 4.31 Å². The number of carbonyl (C=O) groups is 1. The third kappa shape index (κ3) is 3.56. The Morgan fingerprint density at radius 2 is 2.05 bits per heavy atom. The predicted molar refractivity (Wildman–Crippen MR) is 86.2 cm³/mol. The van der Waals surface area contributed by atoms with Crippen LogP contribution in [0.2, 0.25) is 0 Å². The van der Waals surface area contributed by atoms with Crippen molar-refractivity contribution in [1.82, 2.24) is 9.62 Å². The zero-order valence-corrected chi connectivity index (χ0v) is 13.6. The molecule has 1 unspecified atom stereocenters. The highest BCUT2D eigenvalue weighted by atomic mass is 32.2. The van der Waals surface area contributed by atoms with Gasteiger partial charge in [0.05, 0.1) is 4.90 Å². The minimum atomic E-state index is -3.49. The molecule has 0 aromatic heterocycles. The van der Waals surface area contributed by atoms with Crippen molar-refractivity contribution in [3.63, 3.8) is 0 Å². The number of nitrogens with one attached hydrogen (secondary N) is 1. The van der Waals surface area contributed by atoms with E-state index in [1.807, 2.05) is 6.92 Å². The molecule has 120 valence electrons. The second-order valence-electron chi connectivity index (χ2n) is 5.48. The Kier molecular flexibility index (Phi) is 5.37. The summed E-state index contributed by atoms with van der Waals surface area (Å²) in [7, 11) is -3.49. The van der Waals surface area contributed by atoms with Crippen molar-refractivity contribution in [3.8, 4) is 0 Å². The molecule has 5 nitrogen and oxygen atoms in total. The number of benzene rings is 1.